The van der Waals surface area contributed by atoms with Crippen LogP contribution in [-0.4, -0.2) is 33.7 Å². The van der Waals surface area contributed by atoms with Gasteiger partial charge in [0.1, 0.15) is 0 Å². The Balaban J connectivity index is 1.95. The van der Waals surface area contributed by atoms with Gasteiger partial charge in [-0.3, -0.25) is 0 Å². The smallest absolute Gasteiger partial charge is 0.315 e. The van der Waals surface area contributed by atoms with Gasteiger partial charge < -0.3 is 19.9 Å². The number of nitrogens with zero attached hydrogens (tertiary/aromatic N) is 3. The minimum Gasteiger partial charge on any atom is -0.481 e. The quantitative estimate of drug-likeness (QED) is 0.850. The highest BCUT2D eigenvalue weighted by molar-refractivity contribution is 5.74. The lowest BCUT2D eigenvalue weighted by molar-refractivity contribution is 0.209. The van der Waals surface area contributed by atoms with Crippen LogP contribution in [0.25, 0.3) is 0 Å². The average molecular weight is 331 g/mol. The van der Waals surface area contributed by atoms with Crippen molar-refractivity contribution in [2.45, 2.75) is 39.9 Å². The third-order valence-electron chi connectivity index (χ3n) is 3.79. The van der Waals surface area contributed by atoms with Crippen molar-refractivity contribution >= 4 is 6.03 Å². The van der Waals surface area contributed by atoms with E-state index in [1.165, 1.54) is 0 Å². The van der Waals surface area contributed by atoms with Crippen molar-refractivity contribution in [3.63, 3.8) is 0 Å². The fraction of sp³-hybridized carbons (Fsp3) is 0.471. The lowest BCUT2D eigenvalue weighted by atomic mass is 9.86. The number of ether oxygens (including phenoxy) is 1. The Labute approximate surface area is 142 Å². The van der Waals surface area contributed by atoms with E-state index < -0.39 is 0 Å². The van der Waals surface area contributed by atoms with Crippen molar-refractivity contribution in [3.8, 4) is 5.88 Å². The van der Waals surface area contributed by atoms with Crippen LogP contribution in [0.2, 0.25) is 0 Å². The number of nitrogens with one attached hydrogen (secondary N) is 2. The Kier molecular flexibility index (Phi) is 5.78. The molecule has 2 rings (SSSR count). The van der Waals surface area contributed by atoms with Gasteiger partial charge in [-0.1, -0.05) is 26.8 Å². The molecule has 2 heterocycles. The van der Waals surface area contributed by atoms with Crippen LogP contribution in [0, 0.1) is 5.41 Å². The Hall–Kier alpha value is -2.57. The van der Waals surface area contributed by atoms with E-state index in [0.717, 1.165) is 5.56 Å². The molecule has 0 aliphatic heterocycles. The summed E-state index contributed by atoms with van der Waals surface area (Å²) < 4.78 is 7.15. The molecule has 0 bridgehead atoms. The van der Waals surface area contributed by atoms with E-state index in [-0.39, 0.29) is 17.5 Å². The van der Waals surface area contributed by atoms with Crippen LogP contribution in [-0.2, 0) is 13.1 Å². The monoisotopic (exact) mass is 331 g/mol. The normalized spacial score (nSPS) is 12.5. The summed E-state index contributed by atoms with van der Waals surface area (Å²) in [4.78, 5) is 20.5. The van der Waals surface area contributed by atoms with Gasteiger partial charge in [-0.05, 0) is 11.5 Å². The molecule has 2 aromatic rings. The molecule has 0 aliphatic carbocycles. The first-order valence-electron chi connectivity index (χ1n) is 7.88. The van der Waals surface area contributed by atoms with E-state index in [1.54, 1.807) is 25.8 Å². The molecular formula is C17H25N5O2. The van der Waals surface area contributed by atoms with Gasteiger partial charge in [0.15, 0.2) is 0 Å². The molecule has 0 saturated heterocycles. The number of hydrogen-bond acceptors (Lipinski definition) is 4. The largest absolute Gasteiger partial charge is 0.481 e. The minimum absolute atomic E-state index is 0.0394. The molecule has 0 fully saturated rings. The fourth-order valence-electron chi connectivity index (χ4n) is 2.27. The Morgan fingerprint density at radius 3 is 2.79 bits per heavy atom. The van der Waals surface area contributed by atoms with E-state index >= 15 is 0 Å². The maximum Gasteiger partial charge on any atom is 0.315 e. The third kappa shape index (κ3) is 4.97. The first-order valence-corrected chi connectivity index (χ1v) is 7.88. The summed E-state index contributed by atoms with van der Waals surface area (Å²) in [5.41, 5.74) is 0.741. The molecule has 0 spiro atoms. The molecule has 130 valence electrons. The summed E-state index contributed by atoms with van der Waals surface area (Å²) in [6.07, 6.45) is 7.02. The van der Waals surface area contributed by atoms with Gasteiger partial charge in [-0.2, -0.15) is 0 Å². The second-order valence-electron chi connectivity index (χ2n) is 6.68. The predicted molar refractivity (Wildman–Crippen MR) is 91.6 cm³/mol. The molecule has 0 aromatic carbocycles. The highest BCUT2D eigenvalue weighted by Gasteiger charge is 2.26. The maximum atomic E-state index is 12.3. The second kappa shape index (κ2) is 7.81. The van der Waals surface area contributed by atoms with Gasteiger partial charge in [-0.15, -0.1) is 0 Å². The van der Waals surface area contributed by atoms with Crippen molar-refractivity contribution in [1.29, 1.82) is 0 Å². The molecular weight excluding hydrogens is 306 g/mol. The van der Waals surface area contributed by atoms with Crippen molar-refractivity contribution in [1.82, 2.24) is 25.2 Å². The van der Waals surface area contributed by atoms with Crippen LogP contribution in [0.1, 0.15) is 26.3 Å². The van der Waals surface area contributed by atoms with Crippen LogP contribution in [0.15, 0.2) is 37.1 Å². The number of urea groups is 1. The van der Waals surface area contributed by atoms with Crippen LogP contribution < -0.4 is 15.4 Å². The average Bonchev–Trinajstić information content (AvgIpc) is 3.05. The molecule has 2 aromatic heterocycles. The summed E-state index contributed by atoms with van der Waals surface area (Å²) in [6.45, 7) is 7.30. The SMILES string of the molecule is COc1ncccc1CNC(=O)NC(Cn1ccnc1)C(C)(C)C. The Morgan fingerprint density at radius 1 is 1.38 bits per heavy atom. The Morgan fingerprint density at radius 2 is 2.17 bits per heavy atom. The van der Waals surface area contributed by atoms with Crippen LogP contribution in [0.5, 0.6) is 5.88 Å². The Bertz CT molecular complexity index is 649. The lowest BCUT2D eigenvalue weighted by Crippen LogP contribution is -2.49. The molecule has 1 atom stereocenters. The van der Waals surface area contributed by atoms with Crippen molar-refractivity contribution in [2.24, 2.45) is 5.41 Å². The summed E-state index contributed by atoms with van der Waals surface area (Å²) in [5.74, 6) is 0.517. The second-order valence-corrected chi connectivity index (χ2v) is 6.68. The number of imidazole rings is 1. The van der Waals surface area contributed by atoms with Crippen LogP contribution >= 0.6 is 0 Å². The molecule has 2 amide bonds. The van der Waals surface area contributed by atoms with Gasteiger partial charge in [-0.25, -0.2) is 14.8 Å². The molecule has 7 heteroatoms. The molecule has 0 radical (unpaired) electrons. The third-order valence-corrected chi connectivity index (χ3v) is 3.79. The van der Waals surface area contributed by atoms with Gasteiger partial charge in [0.25, 0.3) is 0 Å². The van der Waals surface area contributed by atoms with Crippen molar-refractivity contribution in [2.75, 3.05) is 7.11 Å². The van der Waals surface area contributed by atoms with Gasteiger partial charge in [0.05, 0.1) is 19.5 Å². The van der Waals surface area contributed by atoms with Gasteiger partial charge >= 0.3 is 6.03 Å². The van der Waals surface area contributed by atoms with Crippen LogP contribution in [0.3, 0.4) is 0 Å². The van der Waals surface area contributed by atoms with Gasteiger partial charge in [0, 0.05) is 37.2 Å². The number of methoxy groups -OCH3 is 1. The standard InChI is InChI=1S/C17H25N5O2/c1-17(2,3)14(11-22-9-8-18-12-22)21-16(23)20-10-13-6-5-7-19-15(13)24-4/h5-9,12,14H,10-11H2,1-4H3,(H2,20,21,23). The molecule has 24 heavy (non-hydrogen) atoms. The predicted octanol–water partition coefficient (Wildman–Crippen LogP) is 2.20. The molecule has 0 saturated carbocycles. The van der Waals surface area contributed by atoms with E-state index in [9.17, 15) is 4.79 Å². The van der Waals surface area contributed by atoms with Crippen molar-refractivity contribution in [3.05, 3.63) is 42.6 Å². The molecule has 0 aliphatic rings. The van der Waals surface area contributed by atoms with E-state index in [0.29, 0.717) is 19.0 Å². The topological polar surface area (TPSA) is 81.1 Å². The summed E-state index contributed by atoms with van der Waals surface area (Å²) in [6, 6.07) is 3.43. The molecule has 2 N–H and O–H groups in total. The zero-order valence-corrected chi connectivity index (χ0v) is 14.6. The zero-order valence-electron chi connectivity index (χ0n) is 14.6. The van der Waals surface area contributed by atoms with E-state index in [2.05, 4.69) is 41.4 Å². The minimum atomic E-state index is -0.221. The van der Waals surface area contributed by atoms with E-state index in [4.69, 9.17) is 4.74 Å². The maximum absolute atomic E-state index is 12.3. The number of amides is 2. The lowest BCUT2D eigenvalue weighted by Gasteiger charge is -2.31. The first kappa shape index (κ1) is 17.8. The number of carbonyl (C=O) groups is 1. The number of rotatable bonds is 6. The highest BCUT2D eigenvalue weighted by atomic mass is 16.5. The number of hydrogen-bond donors (Lipinski definition) is 2. The number of aromatic nitrogens is 3. The summed E-state index contributed by atoms with van der Waals surface area (Å²) >= 11 is 0. The zero-order chi connectivity index (χ0) is 17.6. The highest BCUT2D eigenvalue weighted by Crippen LogP contribution is 2.20. The van der Waals surface area contributed by atoms with Gasteiger partial charge in [0.2, 0.25) is 5.88 Å². The molecule has 7 nitrogen and oxygen atoms in total. The van der Waals surface area contributed by atoms with E-state index in [1.807, 2.05) is 22.9 Å². The van der Waals surface area contributed by atoms with Crippen LogP contribution in [0.4, 0.5) is 4.79 Å². The molecule has 1 unspecified atom stereocenters. The summed E-state index contributed by atoms with van der Waals surface area (Å²) in [5, 5.41) is 5.90. The fourth-order valence-corrected chi connectivity index (χ4v) is 2.27. The number of pyridine rings is 1. The summed E-state index contributed by atoms with van der Waals surface area (Å²) in [7, 11) is 1.56. The number of carbonyl (C=O) groups excluding carboxylic acids is 1. The van der Waals surface area contributed by atoms with Crippen molar-refractivity contribution < 1.29 is 9.53 Å². The first-order chi connectivity index (χ1) is 11.4.